The number of rotatable bonds is 4. The van der Waals surface area contributed by atoms with Crippen LogP contribution in [0.15, 0.2) is 35.5 Å². The molecule has 1 aliphatic rings. The number of piperidine rings is 1. The van der Waals surface area contributed by atoms with Crippen molar-refractivity contribution in [1.29, 1.82) is 0 Å². The van der Waals surface area contributed by atoms with Crippen LogP contribution in [-0.4, -0.2) is 49.4 Å². The first-order valence-corrected chi connectivity index (χ1v) is 9.21. The molecule has 0 N–H and O–H groups in total. The van der Waals surface area contributed by atoms with E-state index >= 15 is 0 Å². The predicted octanol–water partition coefficient (Wildman–Crippen LogP) is 2.65. The molecule has 1 aromatic heterocycles. The van der Waals surface area contributed by atoms with E-state index in [1.54, 1.807) is 4.68 Å². The van der Waals surface area contributed by atoms with E-state index in [1.807, 2.05) is 42.2 Å². The molecule has 0 unspecified atom stereocenters. The summed E-state index contributed by atoms with van der Waals surface area (Å²) in [5.41, 5.74) is 0.893. The molecule has 0 bridgehead atoms. The van der Waals surface area contributed by atoms with Crippen molar-refractivity contribution >= 4 is 17.7 Å². The molecule has 0 radical (unpaired) electrons. The third-order valence-electron chi connectivity index (χ3n) is 4.25. The van der Waals surface area contributed by atoms with Crippen LogP contribution in [0.2, 0.25) is 0 Å². The van der Waals surface area contributed by atoms with Crippen molar-refractivity contribution in [2.45, 2.75) is 37.6 Å². The molecular formula is C17H23N5OS. The fraction of sp³-hybridized carbons (Fsp3) is 0.529. The molecule has 2 heterocycles. The second-order valence-corrected chi connectivity index (χ2v) is 7.97. The molecule has 1 amide bonds. The maximum atomic E-state index is 12.8. The number of carbonyl (C=O) groups excluding carboxylic acids is 1. The summed E-state index contributed by atoms with van der Waals surface area (Å²) >= 11 is 1.41. The Balaban J connectivity index is 1.70. The van der Waals surface area contributed by atoms with Gasteiger partial charge >= 0.3 is 0 Å². The van der Waals surface area contributed by atoms with Crippen LogP contribution in [0.25, 0.3) is 5.69 Å². The van der Waals surface area contributed by atoms with Crippen LogP contribution in [0.5, 0.6) is 0 Å². The lowest BCUT2D eigenvalue weighted by molar-refractivity contribution is -0.132. The van der Waals surface area contributed by atoms with Crippen molar-refractivity contribution in [3.8, 4) is 5.69 Å². The van der Waals surface area contributed by atoms with Gasteiger partial charge in [-0.3, -0.25) is 4.79 Å². The number of thioether (sulfide) groups is 1. The Bertz CT molecular complexity index is 679. The summed E-state index contributed by atoms with van der Waals surface area (Å²) in [6.45, 7) is 8.05. The second kappa shape index (κ2) is 7.34. The van der Waals surface area contributed by atoms with Gasteiger partial charge in [-0.25, -0.2) is 0 Å². The third kappa shape index (κ3) is 3.77. The van der Waals surface area contributed by atoms with E-state index in [1.165, 1.54) is 18.2 Å². The first kappa shape index (κ1) is 17.0. The fourth-order valence-electron chi connectivity index (χ4n) is 3.29. The molecule has 1 saturated heterocycles. The topological polar surface area (TPSA) is 63.9 Å². The average molecular weight is 345 g/mol. The molecule has 1 aromatic carbocycles. The molecule has 2 aromatic rings. The summed E-state index contributed by atoms with van der Waals surface area (Å²) in [6, 6.07) is 9.72. The van der Waals surface area contributed by atoms with Crippen molar-refractivity contribution in [3.63, 3.8) is 0 Å². The minimum atomic E-state index is -0.212. The zero-order valence-corrected chi connectivity index (χ0v) is 15.1. The average Bonchev–Trinajstić information content (AvgIpc) is 3.02. The molecule has 0 spiro atoms. The summed E-state index contributed by atoms with van der Waals surface area (Å²) in [6.07, 6.45) is 1.19. The summed E-state index contributed by atoms with van der Waals surface area (Å²) < 4.78 is 1.68. The highest BCUT2D eigenvalue weighted by Crippen LogP contribution is 2.27. The number of hydrogen-bond acceptors (Lipinski definition) is 5. The summed E-state index contributed by atoms with van der Waals surface area (Å²) in [4.78, 5) is 14.8. The van der Waals surface area contributed by atoms with E-state index in [9.17, 15) is 4.79 Å². The van der Waals surface area contributed by atoms with Crippen LogP contribution in [-0.2, 0) is 4.79 Å². The smallest absolute Gasteiger partial charge is 0.235 e. The minimum absolute atomic E-state index is 0.168. The van der Waals surface area contributed by atoms with Gasteiger partial charge in [-0.15, -0.1) is 5.10 Å². The fourth-order valence-corrected chi connectivity index (χ4v) is 4.18. The lowest BCUT2D eigenvalue weighted by Crippen LogP contribution is -2.45. The summed E-state index contributed by atoms with van der Waals surface area (Å²) in [7, 11) is 0. The zero-order valence-electron chi connectivity index (χ0n) is 14.3. The number of benzene rings is 1. The Morgan fingerprint density at radius 2 is 1.88 bits per heavy atom. The molecule has 3 atom stereocenters. The number of likely N-dealkylation sites (tertiary alicyclic amines) is 1. The number of para-hydroxylation sites is 1. The predicted molar refractivity (Wildman–Crippen MR) is 94.0 cm³/mol. The first-order valence-electron chi connectivity index (χ1n) is 8.34. The molecule has 3 rings (SSSR count). The van der Waals surface area contributed by atoms with E-state index in [2.05, 4.69) is 29.4 Å². The highest BCUT2D eigenvalue weighted by molar-refractivity contribution is 8.00. The zero-order chi connectivity index (χ0) is 17.1. The molecule has 0 aliphatic carbocycles. The van der Waals surface area contributed by atoms with Gasteiger partial charge in [0, 0.05) is 13.1 Å². The normalized spacial score (nSPS) is 22.4. The Hall–Kier alpha value is -1.89. The van der Waals surface area contributed by atoms with Gasteiger partial charge < -0.3 is 4.90 Å². The molecule has 1 aliphatic heterocycles. The van der Waals surface area contributed by atoms with Gasteiger partial charge in [0.1, 0.15) is 0 Å². The van der Waals surface area contributed by atoms with E-state index in [-0.39, 0.29) is 11.2 Å². The van der Waals surface area contributed by atoms with E-state index in [4.69, 9.17) is 0 Å². The number of tetrazole rings is 1. The van der Waals surface area contributed by atoms with Gasteiger partial charge in [-0.05, 0) is 47.7 Å². The molecule has 6 nitrogen and oxygen atoms in total. The summed E-state index contributed by atoms with van der Waals surface area (Å²) in [5.74, 6) is 1.29. The lowest BCUT2D eigenvalue weighted by atomic mass is 9.92. The van der Waals surface area contributed by atoms with Crippen molar-refractivity contribution in [2.75, 3.05) is 13.1 Å². The molecule has 24 heavy (non-hydrogen) atoms. The van der Waals surface area contributed by atoms with E-state index in [0.717, 1.165) is 18.8 Å². The molecule has 7 heteroatoms. The maximum Gasteiger partial charge on any atom is 0.235 e. The number of aromatic nitrogens is 4. The van der Waals surface area contributed by atoms with Crippen molar-refractivity contribution in [2.24, 2.45) is 11.8 Å². The van der Waals surface area contributed by atoms with Gasteiger partial charge in [0.2, 0.25) is 11.1 Å². The standard InChI is InChI=1S/C17H23N5OS/c1-12-9-13(2)11-21(10-12)16(23)14(3)24-17-18-19-20-22(17)15-7-5-4-6-8-15/h4-8,12-14H,9-11H2,1-3H3/t12-,13-,14-/m1/s1. The minimum Gasteiger partial charge on any atom is -0.341 e. The van der Waals surface area contributed by atoms with Crippen LogP contribution in [0.4, 0.5) is 0 Å². The number of nitrogens with zero attached hydrogens (tertiary/aromatic N) is 5. The van der Waals surface area contributed by atoms with Gasteiger partial charge in [-0.1, -0.05) is 43.8 Å². The van der Waals surface area contributed by atoms with Crippen LogP contribution in [0.1, 0.15) is 27.2 Å². The monoisotopic (exact) mass is 345 g/mol. The Morgan fingerprint density at radius 3 is 2.54 bits per heavy atom. The summed E-state index contributed by atoms with van der Waals surface area (Å²) in [5, 5.41) is 12.3. The second-order valence-electron chi connectivity index (χ2n) is 6.66. The lowest BCUT2D eigenvalue weighted by Gasteiger charge is -2.36. The van der Waals surface area contributed by atoms with E-state index < -0.39 is 0 Å². The van der Waals surface area contributed by atoms with Crippen LogP contribution < -0.4 is 0 Å². The Kier molecular flexibility index (Phi) is 5.18. The molecule has 1 fully saturated rings. The third-order valence-corrected chi connectivity index (χ3v) is 5.27. The van der Waals surface area contributed by atoms with E-state index in [0.29, 0.717) is 17.0 Å². The van der Waals surface area contributed by atoms with Crippen LogP contribution >= 0.6 is 11.8 Å². The number of carbonyl (C=O) groups is 1. The molecular weight excluding hydrogens is 322 g/mol. The van der Waals surface area contributed by atoms with Gasteiger partial charge in [0.15, 0.2) is 0 Å². The SMILES string of the molecule is C[C@@H]1C[C@@H](C)CN(C(=O)[C@@H](C)Sc2nnnn2-c2ccccc2)C1. The maximum absolute atomic E-state index is 12.8. The molecule has 128 valence electrons. The number of hydrogen-bond donors (Lipinski definition) is 0. The van der Waals surface area contributed by atoms with Crippen LogP contribution in [0, 0.1) is 11.8 Å². The van der Waals surface area contributed by atoms with Crippen molar-refractivity contribution in [1.82, 2.24) is 25.1 Å². The van der Waals surface area contributed by atoms with Crippen molar-refractivity contribution in [3.05, 3.63) is 30.3 Å². The van der Waals surface area contributed by atoms with Gasteiger partial charge in [0.25, 0.3) is 0 Å². The Labute approximate surface area is 146 Å². The number of amides is 1. The highest BCUT2D eigenvalue weighted by Gasteiger charge is 2.29. The van der Waals surface area contributed by atoms with Crippen LogP contribution in [0.3, 0.4) is 0 Å². The highest BCUT2D eigenvalue weighted by atomic mass is 32.2. The quantitative estimate of drug-likeness (QED) is 0.797. The van der Waals surface area contributed by atoms with Gasteiger partial charge in [0.05, 0.1) is 10.9 Å². The van der Waals surface area contributed by atoms with Gasteiger partial charge in [-0.2, -0.15) is 4.68 Å². The van der Waals surface area contributed by atoms with Crippen molar-refractivity contribution < 1.29 is 4.79 Å². The molecule has 0 saturated carbocycles. The first-order chi connectivity index (χ1) is 11.5. The Morgan fingerprint density at radius 1 is 1.21 bits per heavy atom. The largest absolute Gasteiger partial charge is 0.341 e.